The normalized spacial score (nSPS) is 21.4. The zero-order valence-electron chi connectivity index (χ0n) is 9.85. The zero-order chi connectivity index (χ0) is 12.5. The Morgan fingerprint density at radius 3 is 2.76 bits per heavy atom. The first kappa shape index (κ1) is 12.4. The third-order valence-electron chi connectivity index (χ3n) is 3.07. The van der Waals surface area contributed by atoms with Gasteiger partial charge in [0, 0.05) is 18.8 Å². The van der Waals surface area contributed by atoms with Crippen LogP contribution in [0.5, 0.6) is 0 Å². The van der Waals surface area contributed by atoms with Gasteiger partial charge in [-0.3, -0.25) is 0 Å². The van der Waals surface area contributed by atoms with Crippen molar-refractivity contribution in [2.75, 3.05) is 25.2 Å². The number of benzene rings is 1. The highest BCUT2D eigenvalue weighted by molar-refractivity contribution is 7.90. The van der Waals surface area contributed by atoms with E-state index in [4.69, 9.17) is 10.5 Å². The van der Waals surface area contributed by atoms with Gasteiger partial charge >= 0.3 is 0 Å². The third-order valence-corrected chi connectivity index (χ3v) is 4.22. The first-order valence-electron chi connectivity index (χ1n) is 5.65. The Kier molecular flexibility index (Phi) is 3.40. The van der Waals surface area contributed by atoms with Gasteiger partial charge in [-0.25, -0.2) is 8.42 Å². The van der Waals surface area contributed by atoms with Gasteiger partial charge in [0.2, 0.25) is 0 Å². The van der Waals surface area contributed by atoms with Crippen LogP contribution in [0.15, 0.2) is 23.1 Å². The summed E-state index contributed by atoms with van der Waals surface area (Å²) >= 11 is 0. The van der Waals surface area contributed by atoms with Gasteiger partial charge in [-0.15, -0.1) is 0 Å². The molecule has 1 fully saturated rings. The van der Waals surface area contributed by atoms with Crippen LogP contribution in [0.1, 0.15) is 24.3 Å². The van der Waals surface area contributed by atoms with Crippen LogP contribution in [0.25, 0.3) is 0 Å². The molecule has 2 rings (SSSR count). The van der Waals surface area contributed by atoms with E-state index >= 15 is 0 Å². The number of hydrogen-bond acceptors (Lipinski definition) is 4. The summed E-state index contributed by atoms with van der Waals surface area (Å²) < 4.78 is 28.6. The average molecular weight is 255 g/mol. The summed E-state index contributed by atoms with van der Waals surface area (Å²) in [6.45, 7) is 1.46. The molecule has 2 N–H and O–H groups in total. The minimum atomic E-state index is -3.26. The van der Waals surface area contributed by atoms with Crippen LogP contribution in [0, 0.1) is 0 Å². The Labute approximate surface area is 102 Å². The van der Waals surface area contributed by atoms with E-state index in [1.165, 1.54) is 6.26 Å². The van der Waals surface area contributed by atoms with Crippen molar-refractivity contribution in [1.82, 2.24) is 0 Å². The highest BCUT2D eigenvalue weighted by Gasteiger charge is 2.19. The van der Waals surface area contributed by atoms with Crippen LogP contribution in [-0.4, -0.2) is 27.9 Å². The lowest BCUT2D eigenvalue weighted by molar-refractivity contribution is 0.0804. The number of rotatable bonds is 2. The largest absolute Gasteiger partial charge is 0.398 e. The topological polar surface area (TPSA) is 69.4 Å². The monoisotopic (exact) mass is 255 g/mol. The van der Waals surface area contributed by atoms with Crippen molar-refractivity contribution in [1.29, 1.82) is 0 Å². The van der Waals surface area contributed by atoms with Crippen molar-refractivity contribution >= 4 is 15.5 Å². The van der Waals surface area contributed by atoms with Gasteiger partial charge in [-0.2, -0.15) is 0 Å². The van der Waals surface area contributed by atoms with E-state index in [1.807, 2.05) is 6.07 Å². The molecule has 1 aliphatic heterocycles. The second-order valence-electron chi connectivity index (χ2n) is 4.48. The van der Waals surface area contributed by atoms with Gasteiger partial charge in [-0.1, -0.05) is 6.07 Å². The number of anilines is 1. The van der Waals surface area contributed by atoms with Crippen molar-refractivity contribution in [3.63, 3.8) is 0 Å². The molecule has 0 radical (unpaired) electrons. The number of nitrogen functional groups attached to an aromatic ring is 1. The molecule has 0 aromatic heterocycles. The third kappa shape index (κ3) is 2.79. The second-order valence-corrected chi connectivity index (χ2v) is 6.47. The first-order chi connectivity index (χ1) is 7.98. The van der Waals surface area contributed by atoms with Crippen LogP contribution < -0.4 is 5.73 Å². The standard InChI is InChI=1S/C12H17NO3S/c1-17(14,15)12-7-9(4-5-11(12)13)10-3-2-6-16-8-10/h4-5,7,10H,2-3,6,8,13H2,1H3. The Hall–Kier alpha value is -1.07. The lowest BCUT2D eigenvalue weighted by atomic mass is 9.93. The molecular formula is C12H17NO3S. The van der Waals surface area contributed by atoms with Gasteiger partial charge in [0.15, 0.2) is 9.84 Å². The van der Waals surface area contributed by atoms with Crippen molar-refractivity contribution in [2.24, 2.45) is 0 Å². The summed E-state index contributed by atoms with van der Waals surface area (Å²) in [5.74, 6) is 0.282. The Balaban J connectivity index is 2.37. The zero-order valence-corrected chi connectivity index (χ0v) is 10.7. The molecule has 1 aliphatic rings. The van der Waals surface area contributed by atoms with E-state index < -0.39 is 9.84 Å². The molecule has 1 atom stereocenters. The SMILES string of the molecule is CS(=O)(=O)c1cc(C2CCCOC2)ccc1N. The molecule has 17 heavy (non-hydrogen) atoms. The highest BCUT2D eigenvalue weighted by atomic mass is 32.2. The van der Waals surface area contributed by atoms with Crippen LogP contribution in [0.3, 0.4) is 0 Å². The number of ether oxygens (including phenoxy) is 1. The summed E-state index contributed by atoms with van der Waals surface area (Å²) in [6.07, 6.45) is 3.23. The number of nitrogens with two attached hydrogens (primary N) is 1. The molecule has 0 bridgehead atoms. The van der Waals surface area contributed by atoms with E-state index in [0.29, 0.717) is 12.3 Å². The predicted molar refractivity (Wildman–Crippen MR) is 66.8 cm³/mol. The van der Waals surface area contributed by atoms with Gasteiger partial charge in [0.1, 0.15) is 0 Å². The van der Waals surface area contributed by atoms with Crippen LogP contribution in [0.2, 0.25) is 0 Å². The fourth-order valence-electron chi connectivity index (χ4n) is 2.13. The second kappa shape index (κ2) is 4.66. The van der Waals surface area contributed by atoms with E-state index in [0.717, 1.165) is 25.0 Å². The van der Waals surface area contributed by atoms with Gasteiger partial charge < -0.3 is 10.5 Å². The molecule has 0 aliphatic carbocycles. The summed E-state index contributed by atoms with van der Waals surface area (Å²) in [5.41, 5.74) is 7.01. The van der Waals surface area contributed by atoms with Crippen molar-refractivity contribution in [3.8, 4) is 0 Å². The van der Waals surface area contributed by atoms with E-state index in [-0.39, 0.29) is 10.8 Å². The maximum Gasteiger partial charge on any atom is 0.177 e. The first-order valence-corrected chi connectivity index (χ1v) is 7.55. The van der Waals surface area contributed by atoms with Gasteiger partial charge in [0.05, 0.1) is 17.2 Å². The Morgan fingerprint density at radius 1 is 1.41 bits per heavy atom. The maximum absolute atomic E-state index is 11.6. The van der Waals surface area contributed by atoms with Crippen molar-refractivity contribution < 1.29 is 13.2 Å². The van der Waals surface area contributed by atoms with E-state index in [2.05, 4.69) is 0 Å². The number of hydrogen-bond donors (Lipinski definition) is 1. The molecule has 1 unspecified atom stereocenters. The quantitative estimate of drug-likeness (QED) is 0.814. The molecule has 0 saturated carbocycles. The van der Waals surface area contributed by atoms with Crippen LogP contribution in [0.4, 0.5) is 5.69 Å². The minimum absolute atomic E-state index is 0.223. The van der Waals surface area contributed by atoms with Crippen molar-refractivity contribution in [2.45, 2.75) is 23.7 Å². The average Bonchev–Trinajstić information content (AvgIpc) is 2.29. The Bertz CT molecular complexity index is 504. The Morgan fingerprint density at radius 2 is 2.18 bits per heavy atom. The summed E-state index contributed by atoms with van der Waals surface area (Å²) in [5, 5.41) is 0. The van der Waals surface area contributed by atoms with Gasteiger partial charge in [0.25, 0.3) is 0 Å². The minimum Gasteiger partial charge on any atom is -0.398 e. The van der Waals surface area contributed by atoms with Crippen molar-refractivity contribution in [3.05, 3.63) is 23.8 Å². The molecule has 1 aromatic rings. The summed E-state index contributed by atoms with van der Waals surface area (Å²) in [6, 6.07) is 5.24. The molecule has 0 amide bonds. The predicted octanol–water partition coefficient (Wildman–Crippen LogP) is 1.57. The highest BCUT2D eigenvalue weighted by Crippen LogP contribution is 2.29. The molecule has 4 nitrogen and oxygen atoms in total. The smallest absolute Gasteiger partial charge is 0.177 e. The molecule has 1 heterocycles. The lowest BCUT2D eigenvalue weighted by Gasteiger charge is -2.23. The van der Waals surface area contributed by atoms with E-state index in [9.17, 15) is 8.42 Å². The summed E-state index contributed by atoms with van der Waals surface area (Å²) in [4.78, 5) is 0.223. The number of sulfone groups is 1. The maximum atomic E-state index is 11.6. The van der Waals surface area contributed by atoms with E-state index in [1.54, 1.807) is 12.1 Å². The van der Waals surface area contributed by atoms with Crippen LogP contribution >= 0.6 is 0 Å². The fraction of sp³-hybridized carbons (Fsp3) is 0.500. The summed E-state index contributed by atoms with van der Waals surface area (Å²) in [7, 11) is -3.26. The fourth-order valence-corrected chi connectivity index (χ4v) is 2.98. The molecular weight excluding hydrogens is 238 g/mol. The molecule has 5 heteroatoms. The molecule has 1 aromatic carbocycles. The van der Waals surface area contributed by atoms with Gasteiger partial charge in [-0.05, 0) is 30.5 Å². The molecule has 1 saturated heterocycles. The molecule has 0 spiro atoms. The lowest BCUT2D eigenvalue weighted by Crippen LogP contribution is -2.16. The molecule has 94 valence electrons. The van der Waals surface area contributed by atoms with Crippen LogP contribution in [-0.2, 0) is 14.6 Å².